The summed E-state index contributed by atoms with van der Waals surface area (Å²) in [5, 5.41) is 23.2. The number of likely N-dealkylation sites (tertiary alicyclic amines) is 1. The van der Waals surface area contributed by atoms with Gasteiger partial charge in [-0.1, -0.05) is 30.3 Å². The molecule has 2 atom stereocenters. The standard InChI is InChI=1S/C15H17N3O5/c19-13-6-14(17(20)21)9-15(7-13,18(22)23)11-16(10-14)8-12-4-2-1-3-5-12/h1-5H,6-11H2/t14-,15+. The number of rotatable bonds is 4. The van der Waals surface area contributed by atoms with E-state index < -0.39 is 20.9 Å². The number of hydrogen-bond donors (Lipinski definition) is 0. The van der Waals surface area contributed by atoms with Crippen molar-refractivity contribution >= 4 is 5.78 Å². The van der Waals surface area contributed by atoms with Crippen LogP contribution in [0.3, 0.4) is 0 Å². The number of nitrogens with zero attached hydrogens (tertiary/aromatic N) is 3. The van der Waals surface area contributed by atoms with E-state index in [2.05, 4.69) is 0 Å². The Bertz CT molecular complexity index is 630. The van der Waals surface area contributed by atoms with Crippen molar-refractivity contribution in [1.29, 1.82) is 0 Å². The van der Waals surface area contributed by atoms with Crippen LogP contribution in [0.5, 0.6) is 0 Å². The van der Waals surface area contributed by atoms with Gasteiger partial charge in [0.1, 0.15) is 5.78 Å². The molecular weight excluding hydrogens is 302 g/mol. The van der Waals surface area contributed by atoms with Crippen LogP contribution in [0.15, 0.2) is 30.3 Å². The molecule has 1 aliphatic heterocycles. The van der Waals surface area contributed by atoms with E-state index in [0.717, 1.165) is 5.56 Å². The average molecular weight is 319 g/mol. The van der Waals surface area contributed by atoms with Gasteiger partial charge in [-0.25, -0.2) is 0 Å². The van der Waals surface area contributed by atoms with Crippen LogP contribution in [-0.2, 0) is 11.3 Å². The summed E-state index contributed by atoms with van der Waals surface area (Å²) in [4.78, 5) is 35.9. The molecule has 0 amide bonds. The Balaban J connectivity index is 1.94. The van der Waals surface area contributed by atoms with Crippen LogP contribution in [0.2, 0.25) is 0 Å². The van der Waals surface area contributed by atoms with Crippen molar-refractivity contribution in [2.45, 2.75) is 36.9 Å². The molecule has 1 aliphatic carbocycles. The largest absolute Gasteiger partial charge is 0.299 e. The zero-order valence-electron chi connectivity index (χ0n) is 12.5. The van der Waals surface area contributed by atoms with Crippen LogP contribution < -0.4 is 0 Å². The van der Waals surface area contributed by atoms with Gasteiger partial charge in [0.05, 0.1) is 32.4 Å². The highest BCUT2D eigenvalue weighted by Crippen LogP contribution is 2.43. The van der Waals surface area contributed by atoms with E-state index in [-0.39, 0.29) is 38.1 Å². The smallest absolute Gasteiger partial charge is 0.248 e. The predicted molar refractivity (Wildman–Crippen MR) is 80.0 cm³/mol. The molecule has 2 bridgehead atoms. The first-order valence-electron chi connectivity index (χ1n) is 7.42. The Kier molecular flexibility index (Phi) is 3.63. The molecule has 0 unspecified atom stereocenters. The van der Waals surface area contributed by atoms with Crippen LogP contribution in [-0.4, -0.2) is 44.7 Å². The summed E-state index contributed by atoms with van der Waals surface area (Å²) in [6.45, 7) is 0.534. The summed E-state index contributed by atoms with van der Waals surface area (Å²) in [6, 6.07) is 9.34. The lowest BCUT2D eigenvalue weighted by atomic mass is 9.67. The Hall–Kier alpha value is -2.35. The molecule has 2 aliphatic rings. The molecule has 122 valence electrons. The molecule has 2 fully saturated rings. The van der Waals surface area contributed by atoms with Crippen molar-refractivity contribution < 1.29 is 14.6 Å². The molecule has 1 heterocycles. The second kappa shape index (κ2) is 5.38. The summed E-state index contributed by atoms with van der Waals surface area (Å²) in [5.41, 5.74) is -2.15. The Morgan fingerprint density at radius 3 is 2.00 bits per heavy atom. The summed E-state index contributed by atoms with van der Waals surface area (Å²) in [7, 11) is 0. The molecule has 0 N–H and O–H groups in total. The van der Waals surface area contributed by atoms with Gasteiger partial charge in [0, 0.05) is 16.4 Å². The quantitative estimate of drug-likeness (QED) is 0.611. The predicted octanol–water partition coefficient (Wildman–Crippen LogP) is 1.29. The first-order valence-corrected chi connectivity index (χ1v) is 7.42. The van der Waals surface area contributed by atoms with E-state index >= 15 is 0 Å². The van der Waals surface area contributed by atoms with Crippen molar-refractivity contribution in [3.63, 3.8) is 0 Å². The van der Waals surface area contributed by atoms with E-state index in [4.69, 9.17) is 0 Å². The Morgan fingerprint density at radius 2 is 1.52 bits per heavy atom. The van der Waals surface area contributed by atoms with E-state index in [1.807, 2.05) is 30.3 Å². The lowest BCUT2D eigenvalue weighted by Gasteiger charge is -2.45. The molecule has 8 nitrogen and oxygen atoms in total. The topological polar surface area (TPSA) is 107 Å². The number of hydrogen-bond acceptors (Lipinski definition) is 6. The number of piperidine rings is 1. The van der Waals surface area contributed by atoms with E-state index in [1.165, 1.54) is 0 Å². The Morgan fingerprint density at radius 1 is 1.00 bits per heavy atom. The number of carbonyl (C=O) groups is 1. The van der Waals surface area contributed by atoms with Gasteiger partial charge in [-0.05, 0) is 5.56 Å². The van der Waals surface area contributed by atoms with E-state index in [1.54, 1.807) is 4.90 Å². The van der Waals surface area contributed by atoms with Crippen LogP contribution in [0, 0.1) is 20.2 Å². The van der Waals surface area contributed by atoms with Crippen LogP contribution in [0.25, 0.3) is 0 Å². The molecule has 1 saturated heterocycles. The first kappa shape index (κ1) is 15.5. The van der Waals surface area contributed by atoms with Gasteiger partial charge in [0.25, 0.3) is 0 Å². The van der Waals surface area contributed by atoms with Gasteiger partial charge in [0.2, 0.25) is 11.1 Å². The lowest BCUT2D eigenvalue weighted by Crippen LogP contribution is -2.68. The summed E-state index contributed by atoms with van der Waals surface area (Å²) >= 11 is 0. The van der Waals surface area contributed by atoms with Crippen molar-refractivity contribution in [2.75, 3.05) is 13.1 Å². The maximum atomic E-state index is 11.9. The molecule has 0 spiro atoms. The molecule has 1 saturated carbocycles. The van der Waals surface area contributed by atoms with E-state index in [0.29, 0.717) is 6.54 Å². The second-order valence-corrected chi connectivity index (χ2v) is 6.66. The zero-order chi connectivity index (χ0) is 16.7. The molecule has 8 heteroatoms. The fourth-order valence-electron chi connectivity index (χ4n) is 3.97. The van der Waals surface area contributed by atoms with Crippen molar-refractivity contribution in [3.8, 4) is 0 Å². The molecule has 23 heavy (non-hydrogen) atoms. The fourth-order valence-corrected chi connectivity index (χ4v) is 3.97. The molecule has 1 aromatic rings. The third kappa shape index (κ3) is 2.70. The Labute approximate surface area is 132 Å². The van der Waals surface area contributed by atoms with Gasteiger partial charge >= 0.3 is 0 Å². The minimum atomic E-state index is -1.55. The molecular formula is C15H17N3O5. The van der Waals surface area contributed by atoms with Crippen LogP contribution in [0.1, 0.15) is 24.8 Å². The summed E-state index contributed by atoms with van der Waals surface area (Å²) in [5.74, 6) is -0.385. The van der Waals surface area contributed by atoms with Gasteiger partial charge in [-0.3, -0.25) is 29.9 Å². The molecule has 1 aromatic carbocycles. The van der Waals surface area contributed by atoms with Crippen molar-refractivity contribution in [3.05, 3.63) is 56.1 Å². The number of ketones is 1. The minimum Gasteiger partial charge on any atom is -0.299 e. The third-order valence-corrected chi connectivity index (χ3v) is 4.77. The molecule has 0 aromatic heterocycles. The van der Waals surface area contributed by atoms with E-state index in [9.17, 15) is 25.0 Å². The molecule has 0 radical (unpaired) electrons. The van der Waals surface area contributed by atoms with Crippen molar-refractivity contribution in [2.24, 2.45) is 0 Å². The summed E-state index contributed by atoms with van der Waals surface area (Å²) < 4.78 is 0. The second-order valence-electron chi connectivity index (χ2n) is 6.66. The number of Topliss-reactive ketones (excluding diaryl/α,β-unsaturated/α-hetero) is 1. The fraction of sp³-hybridized carbons (Fsp3) is 0.533. The van der Waals surface area contributed by atoms with Gasteiger partial charge in [0.15, 0.2) is 0 Å². The maximum absolute atomic E-state index is 11.9. The normalized spacial score (nSPS) is 30.9. The number of benzene rings is 1. The molecule has 3 rings (SSSR count). The van der Waals surface area contributed by atoms with Gasteiger partial charge < -0.3 is 0 Å². The van der Waals surface area contributed by atoms with Crippen LogP contribution >= 0.6 is 0 Å². The highest BCUT2D eigenvalue weighted by atomic mass is 16.6. The maximum Gasteiger partial charge on any atom is 0.248 e. The minimum absolute atomic E-state index is 0.0657. The summed E-state index contributed by atoms with van der Waals surface area (Å²) in [6.07, 6.45) is -0.612. The van der Waals surface area contributed by atoms with Gasteiger partial charge in [-0.15, -0.1) is 0 Å². The highest BCUT2D eigenvalue weighted by molar-refractivity contribution is 5.82. The number of carbonyl (C=O) groups excluding carboxylic acids is 1. The average Bonchev–Trinajstić information content (AvgIpc) is 2.46. The van der Waals surface area contributed by atoms with Gasteiger partial charge in [-0.2, -0.15) is 0 Å². The van der Waals surface area contributed by atoms with Crippen molar-refractivity contribution in [1.82, 2.24) is 4.90 Å². The third-order valence-electron chi connectivity index (χ3n) is 4.77. The highest BCUT2D eigenvalue weighted by Gasteiger charge is 2.66. The first-order chi connectivity index (χ1) is 10.9. The number of nitro groups is 2. The van der Waals surface area contributed by atoms with Crippen LogP contribution in [0.4, 0.5) is 0 Å². The zero-order valence-corrected chi connectivity index (χ0v) is 12.5. The lowest BCUT2D eigenvalue weighted by molar-refractivity contribution is -0.628. The number of fused-ring (bicyclic) bond motifs is 2. The SMILES string of the molecule is O=C1C[C@]2([N+](=O)[O-])CN(Cc3ccccc3)C[C@]([N+](=O)[O-])(C1)C2. The monoisotopic (exact) mass is 319 g/mol.